The Hall–Kier alpha value is -0.650. The molecule has 0 fully saturated rings. The van der Waals surface area contributed by atoms with Gasteiger partial charge in [-0.25, -0.2) is 0 Å². The molecule has 0 rings (SSSR count). The Morgan fingerprint density at radius 1 is 0.600 bits per heavy atom. The lowest BCUT2D eigenvalue weighted by molar-refractivity contribution is -0.124. The quantitative estimate of drug-likeness (QED) is 0.0900. The van der Waals surface area contributed by atoms with Gasteiger partial charge in [-0.05, 0) is 12.8 Å². The average molecular weight is 500 g/mol. The van der Waals surface area contributed by atoms with E-state index in [-0.39, 0.29) is 12.5 Å². The van der Waals surface area contributed by atoms with Crippen molar-refractivity contribution in [3.05, 3.63) is 0 Å². The molecule has 0 aliphatic heterocycles. The number of amides is 1. The molecule has 0 aliphatic carbocycles. The zero-order valence-corrected chi connectivity index (χ0v) is 23.5. The lowest BCUT2D eigenvalue weighted by Crippen LogP contribution is -2.50. The smallest absolute Gasteiger partial charge is 0.220 e. The number of nitrogens with one attached hydrogen (secondary N) is 1. The topological polar surface area (TPSA) is 89.8 Å². The van der Waals surface area contributed by atoms with Crippen LogP contribution in [0.2, 0.25) is 0 Å². The molecule has 0 bridgehead atoms. The van der Waals surface area contributed by atoms with Crippen molar-refractivity contribution in [1.82, 2.24) is 5.32 Å². The van der Waals surface area contributed by atoms with Gasteiger partial charge in [0.2, 0.25) is 5.91 Å². The zero-order chi connectivity index (χ0) is 26.0. The fourth-order valence-corrected chi connectivity index (χ4v) is 4.75. The van der Waals surface area contributed by atoms with Crippen LogP contribution in [0.4, 0.5) is 0 Å². The molecule has 0 spiro atoms. The van der Waals surface area contributed by atoms with E-state index in [2.05, 4.69) is 19.2 Å². The predicted molar refractivity (Wildman–Crippen MR) is 149 cm³/mol. The summed E-state index contributed by atoms with van der Waals surface area (Å²) in [5.41, 5.74) is 0. The molecule has 5 nitrogen and oxygen atoms in total. The number of aliphatic hydroxyl groups excluding tert-OH is 3. The second-order valence-corrected chi connectivity index (χ2v) is 10.7. The number of unbranched alkanes of at least 4 members (excludes halogenated alkanes) is 19. The standard InChI is InChI=1S/C30H61NO4/c1-3-5-7-9-11-13-15-17-19-21-23-25-29(34)31-27(26-32)30(35)28(33)24-22-20-18-16-14-12-10-8-6-4-2/h27-28,30,32-33,35H,3-26H2,1-2H3,(H,31,34). The number of hydrogen-bond donors (Lipinski definition) is 4. The first-order valence-corrected chi connectivity index (χ1v) is 15.3. The Kier molecular flexibility index (Phi) is 25.9. The van der Waals surface area contributed by atoms with E-state index in [9.17, 15) is 20.1 Å². The second-order valence-electron chi connectivity index (χ2n) is 10.7. The predicted octanol–water partition coefficient (Wildman–Crippen LogP) is 7.20. The average Bonchev–Trinajstić information content (AvgIpc) is 2.86. The molecule has 0 aromatic heterocycles. The van der Waals surface area contributed by atoms with Crippen molar-refractivity contribution in [2.24, 2.45) is 0 Å². The Morgan fingerprint density at radius 3 is 1.37 bits per heavy atom. The van der Waals surface area contributed by atoms with Gasteiger partial charge in [0.25, 0.3) is 0 Å². The van der Waals surface area contributed by atoms with Crippen LogP contribution in [0.1, 0.15) is 162 Å². The third kappa shape index (κ3) is 22.3. The Morgan fingerprint density at radius 2 is 0.971 bits per heavy atom. The minimum Gasteiger partial charge on any atom is -0.394 e. The molecule has 0 heterocycles. The fraction of sp³-hybridized carbons (Fsp3) is 0.967. The number of carbonyl (C=O) groups excluding carboxylic acids is 1. The summed E-state index contributed by atoms with van der Waals surface area (Å²) in [6, 6.07) is -0.798. The van der Waals surface area contributed by atoms with Crippen molar-refractivity contribution in [3.63, 3.8) is 0 Å². The van der Waals surface area contributed by atoms with Crippen molar-refractivity contribution in [3.8, 4) is 0 Å². The summed E-state index contributed by atoms with van der Waals surface area (Å²) in [5.74, 6) is -0.148. The van der Waals surface area contributed by atoms with Gasteiger partial charge >= 0.3 is 0 Å². The molecule has 210 valence electrons. The van der Waals surface area contributed by atoms with Crippen LogP contribution in [-0.4, -0.2) is 46.1 Å². The normalized spacial score (nSPS) is 14.1. The minimum atomic E-state index is -1.13. The van der Waals surface area contributed by atoms with Gasteiger partial charge in [0.05, 0.1) is 18.8 Å². The first kappa shape index (κ1) is 34.4. The molecule has 4 N–H and O–H groups in total. The highest BCUT2D eigenvalue weighted by Crippen LogP contribution is 2.15. The number of aliphatic hydroxyl groups is 3. The van der Waals surface area contributed by atoms with E-state index in [0.717, 1.165) is 38.5 Å². The van der Waals surface area contributed by atoms with Crippen LogP contribution < -0.4 is 5.32 Å². The van der Waals surface area contributed by atoms with Crippen LogP contribution in [0.5, 0.6) is 0 Å². The summed E-state index contributed by atoms with van der Waals surface area (Å²) < 4.78 is 0. The molecule has 35 heavy (non-hydrogen) atoms. The summed E-state index contributed by atoms with van der Waals surface area (Å²) in [6.07, 6.45) is 24.7. The Balaban J connectivity index is 3.75. The first-order chi connectivity index (χ1) is 17.1. The van der Waals surface area contributed by atoms with E-state index in [1.165, 1.54) is 96.3 Å². The lowest BCUT2D eigenvalue weighted by atomic mass is 9.99. The molecule has 0 radical (unpaired) electrons. The lowest BCUT2D eigenvalue weighted by Gasteiger charge is -2.26. The minimum absolute atomic E-state index is 0.148. The third-order valence-electron chi connectivity index (χ3n) is 7.21. The SMILES string of the molecule is CCCCCCCCCCCCCC(=O)NC(CO)C(O)C(O)CCCCCCCCCCCC. The second kappa shape index (κ2) is 26.4. The molecule has 3 unspecified atom stereocenters. The first-order valence-electron chi connectivity index (χ1n) is 15.3. The van der Waals surface area contributed by atoms with E-state index >= 15 is 0 Å². The monoisotopic (exact) mass is 499 g/mol. The molecule has 1 amide bonds. The molecule has 0 aliphatic rings. The molecular formula is C30H61NO4. The van der Waals surface area contributed by atoms with E-state index in [1.807, 2.05) is 0 Å². The van der Waals surface area contributed by atoms with Gasteiger partial charge in [0.15, 0.2) is 0 Å². The molecule has 5 heteroatoms. The van der Waals surface area contributed by atoms with Crippen molar-refractivity contribution in [2.75, 3.05) is 6.61 Å². The fourth-order valence-electron chi connectivity index (χ4n) is 4.75. The Labute approximate surface area is 217 Å². The third-order valence-corrected chi connectivity index (χ3v) is 7.21. The van der Waals surface area contributed by atoms with E-state index in [0.29, 0.717) is 12.8 Å². The molecule has 3 atom stereocenters. The van der Waals surface area contributed by atoms with E-state index in [4.69, 9.17) is 0 Å². The van der Waals surface area contributed by atoms with Crippen LogP contribution in [-0.2, 0) is 4.79 Å². The van der Waals surface area contributed by atoms with Crippen LogP contribution in [0.15, 0.2) is 0 Å². The van der Waals surface area contributed by atoms with Crippen LogP contribution in [0.25, 0.3) is 0 Å². The summed E-state index contributed by atoms with van der Waals surface area (Å²) in [6.45, 7) is 4.12. The van der Waals surface area contributed by atoms with E-state index < -0.39 is 18.2 Å². The highest BCUT2D eigenvalue weighted by atomic mass is 16.3. The van der Waals surface area contributed by atoms with Crippen LogP contribution >= 0.6 is 0 Å². The van der Waals surface area contributed by atoms with Gasteiger partial charge in [0.1, 0.15) is 6.10 Å². The van der Waals surface area contributed by atoms with Gasteiger partial charge in [0, 0.05) is 6.42 Å². The molecular weight excluding hydrogens is 438 g/mol. The molecule has 0 aromatic carbocycles. The van der Waals surface area contributed by atoms with Gasteiger partial charge in [-0.2, -0.15) is 0 Å². The molecule has 0 saturated carbocycles. The maximum atomic E-state index is 12.2. The zero-order valence-electron chi connectivity index (χ0n) is 23.5. The van der Waals surface area contributed by atoms with Crippen LogP contribution in [0.3, 0.4) is 0 Å². The summed E-state index contributed by atoms with van der Waals surface area (Å²) in [7, 11) is 0. The highest BCUT2D eigenvalue weighted by Gasteiger charge is 2.26. The van der Waals surface area contributed by atoms with Crippen molar-refractivity contribution < 1.29 is 20.1 Å². The van der Waals surface area contributed by atoms with Gasteiger partial charge < -0.3 is 20.6 Å². The summed E-state index contributed by atoms with van der Waals surface area (Å²) in [4.78, 5) is 12.2. The summed E-state index contributed by atoms with van der Waals surface area (Å²) >= 11 is 0. The van der Waals surface area contributed by atoms with Crippen molar-refractivity contribution in [1.29, 1.82) is 0 Å². The molecule has 0 aromatic rings. The number of carbonyl (C=O) groups is 1. The van der Waals surface area contributed by atoms with E-state index in [1.54, 1.807) is 0 Å². The number of hydrogen-bond acceptors (Lipinski definition) is 4. The van der Waals surface area contributed by atoms with Crippen molar-refractivity contribution >= 4 is 5.91 Å². The Bertz CT molecular complexity index is 446. The van der Waals surface area contributed by atoms with Gasteiger partial charge in [-0.15, -0.1) is 0 Å². The maximum Gasteiger partial charge on any atom is 0.220 e. The van der Waals surface area contributed by atoms with Gasteiger partial charge in [-0.3, -0.25) is 4.79 Å². The molecule has 0 saturated heterocycles. The number of rotatable bonds is 27. The summed E-state index contributed by atoms with van der Waals surface area (Å²) in [5, 5.41) is 33.1. The van der Waals surface area contributed by atoms with Gasteiger partial charge in [-0.1, -0.05) is 142 Å². The largest absolute Gasteiger partial charge is 0.394 e. The maximum absolute atomic E-state index is 12.2. The van der Waals surface area contributed by atoms with Crippen LogP contribution in [0, 0.1) is 0 Å². The van der Waals surface area contributed by atoms with Crippen molar-refractivity contribution in [2.45, 2.75) is 180 Å². The highest BCUT2D eigenvalue weighted by molar-refractivity contribution is 5.76.